The number of benzene rings is 4. The summed E-state index contributed by atoms with van der Waals surface area (Å²) in [7, 11) is 0. The Morgan fingerprint density at radius 1 is 0.667 bits per heavy atom. The fourth-order valence-electron chi connectivity index (χ4n) is 5.72. The minimum absolute atomic E-state index is 0.114. The zero-order chi connectivity index (χ0) is 37.8. The second kappa shape index (κ2) is 16.4. The molecule has 54 heavy (non-hydrogen) atoms. The minimum Gasteiger partial charge on any atom is -0.459 e. The number of aromatic nitrogens is 4. The Morgan fingerprint density at radius 3 is 1.80 bits per heavy atom. The van der Waals surface area contributed by atoms with Gasteiger partial charge < -0.3 is 24.3 Å². The molecule has 4 aromatic carbocycles. The van der Waals surface area contributed by atoms with Gasteiger partial charge in [0.2, 0.25) is 0 Å². The molecule has 272 valence electrons. The number of rotatable bonds is 10. The van der Waals surface area contributed by atoms with E-state index in [9.17, 15) is 19.2 Å². The van der Waals surface area contributed by atoms with E-state index >= 15 is 0 Å². The van der Waals surface area contributed by atoms with Gasteiger partial charge in [-0.25, -0.2) is 29.3 Å². The molecule has 0 radical (unpaired) electrons. The van der Waals surface area contributed by atoms with Crippen LogP contribution in [-0.2, 0) is 18.9 Å². The smallest absolute Gasteiger partial charge is 0.339 e. The van der Waals surface area contributed by atoms with Gasteiger partial charge >= 0.3 is 17.9 Å². The summed E-state index contributed by atoms with van der Waals surface area (Å²) in [6.07, 6.45) is -2.47. The summed E-state index contributed by atoms with van der Waals surface area (Å²) < 4.78 is 27.3. The summed E-state index contributed by atoms with van der Waals surface area (Å²) in [5.41, 5.74) is 1.44. The van der Waals surface area contributed by atoms with E-state index in [1.165, 1.54) is 17.2 Å². The lowest BCUT2D eigenvalue weighted by atomic mass is 10.1. The van der Waals surface area contributed by atoms with Crippen molar-refractivity contribution in [3.63, 3.8) is 0 Å². The molecule has 0 aliphatic carbocycles. The van der Waals surface area contributed by atoms with Crippen molar-refractivity contribution >= 4 is 88.6 Å². The van der Waals surface area contributed by atoms with E-state index in [1.807, 2.05) is 0 Å². The normalized spacial score (nSPS) is 17.8. The van der Waals surface area contributed by atoms with Crippen LogP contribution in [0, 0.1) is 0 Å². The molecule has 13 nitrogen and oxygen atoms in total. The number of hydrogen-bond acceptors (Lipinski definition) is 11. The Balaban J connectivity index is 1.27. The number of ether oxygens (including phenoxy) is 4. The molecule has 1 amide bonds. The molecule has 1 aliphatic rings. The van der Waals surface area contributed by atoms with Crippen LogP contribution in [0.15, 0.2) is 129 Å². The van der Waals surface area contributed by atoms with Crippen molar-refractivity contribution in [1.82, 2.24) is 19.5 Å². The maximum Gasteiger partial charge on any atom is 0.339 e. The molecule has 1 fully saturated rings. The zero-order valence-corrected chi connectivity index (χ0v) is 32.4. The van der Waals surface area contributed by atoms with Crippen LogP contribution in [0.4, 0.5) is 5.82 Å². The summed E-state index contributed by atoms with van der Waals surface area (Å²) in [6.45, 7) is -0.409. The lowest BCUT2D eigenvalue weighted by molar-refractivity contribution is -0.0606. The molecule has 0 bridgehead atoms. The molecule has 7 rings (SSSR count). The molecule has 0 unspecified atom stereocenters. The minimum atomic E-state index is -1.35. The van der Waals surface area contributed by atoms with Gasteiger partial charge in [0.15, 0.2) is 35.4 Å². The first-order valence-electron chi connectivity index (χ1n) is 16.2. The van der Waals surface area contributed by atoms with Crippen LogP contribution in [0.2, 0.25) is 0 Å². The highest BCUT2D eigenvalue weighted by Gasteiger charge is 2.52. The number of nitrogens with one attached hydrogen (secondary N) is 1. The Kier molecular flexibility index (Phi) is 11.2. The molecule has 1 N–H and O–H groups in total. The Hall–Kier alpha value is -5.29. The number of carbonyl (C=O) groups excluding carboxylic acids is 4. The lowest BCUT2D eigenvalue weighted by Gasteiger charge is -2.25. The van der Waals surface area contributed by atoms with Crippen LogP contribution >= 0.6 is 47.8 Å². The number of amides is 1. The average Bonchev–Trinajstić information content (AvgIpc) is 3.76. The Bertz CT molecular complexity index is 2380. The molecule has 3 heterocycles. The summed E-state index contributed by atoms with van der Waals surface area (Å²) >= 11 is 10.2. The predicted molar refractivity (Wildman–Crippen MR) is 205 cm³/mol. The van der Waals surface area contributed by atoms with Crippen molar-refractivity contribution in [2.24, 2.45) is 0 Å². The molecule has 2 aromatic heterocycles. The Morgan fingerprint density at radius 2 is 1.20 bits per heavy atom. The zero-order valence-electron chi connectivity index (χ0n) is 27.7. The number of carbonyl (C=O) groups is 4. The first-order valence-corrected chi connectivity index (χ1v) is 18.6. The molecule has 6 aromatic rings. The van der Waals surface area contributed by atoms with E-state index in [-0.39, 0.29) is 33.7 Å². The van der Waals surface area contributed by atoms with Crippen LogP contribution in [0.5, 0.6) is 0 Å². The molecule has 0 spiro atoms. The second-order valence-electron chi connectivity index (χ2n) is 11.7. The van der Waals surface area contributed by atoms with E-state index in [2.05, 4.69) is 68.1 Å². The van der Waals surface area contributed by atoms with Crippen LogP contribution in [0.1, 0.15) is 47.7 Å². The van der Waals surface area contributed by atoms with Gasteiger partial charge in [0.25, 0.3) is 5.91 Å². The number of hydrogen-bond donors (Lipinski definition) is 1. The van der Waals surface area contributed by atoms with E-state index in [0.717, 1.165) is 0 Å². The first kappa shape index (κ1) is 37.0. The monoisotopic (exact) mass is 917 g/mol. The average molecular weight is 920 g/mol. The largest absolute Gasteiger partial charge is 0.459 e. The fourth-order valence-corrected chi connectivity index (χ4v) is 7.06. The number of anilines is 1. The highest BCUT2D eigenvalue weighted by atomic mass is 79.9. The van der Waals surface area contributed by atoms with E-state index in [0.29, 0.717) is 19.0 Å². The van der Waals surface area contributed by atoms with Gasteiger partial charge in [-0.3, -0.25) is 9.36 Å². The molecule has 4 atom stereocenters. The lowest BCUT2D eigenvalue weighted by Crippen LogP contribution is -2.41. The number of nitrogens with zero attached hydrogens (tertiary/aromatic N) is 4. The molecule has 16 heteroatoms. The van der Waals surface area contributed by atoms with Crippen molar-refractivity contribution in [1.29, 1.82) is 0 Å². The van der Waals surface area contributed by atoms with Gasteiger partial charge in [0.05, 0.1) is 23.0 Å². The van der Waals surface area contributed by atoms with Crippen LogP contribution in [0.25, 0.3) is 11.2 Å². The Labute approximate surface area is 332 Å². The fraction of sp³-hybridized carbons (Fsp3) is 0.132. The number of fused-ring (bicyclic) bond motifs is 1. The van der Waals surface area contributed by atoms with E-state index in [1.54, 1.807) is 103 Å². The third-order valence-electron chi connectivity index (χ3n) is 8.33. The maximum absolute atomic E-state index is 13.8. The summed E-state index contributed by atoms with van der Waals surface area (Å²) in [5.74, 6) is -2.50. The van der Waals surface area contributed by atoms with Crippen molar-refractivity contribution in [3.8, 4) is 0 Å². The van der Waals surface area contributed by atoms with Crippen molar-refractivity contribution in [2.45, 2.75) is 24.5 Å². The SMILES string of the molecule is O=C(Nc1ncnc2c1ncn2[C@@H]1O[C@@H](COC(=O)c2ccccc2Br)[C@@H](OC(=O)c2ccccc2Br)[C@@H]1OC(=O)c1ccccc1Br)c1ccccc1. The first-order chi connectivity index (χ1) is 26.2. The standard InChI is InChI=1S/C38H26Br3N5O8/c39-25-15-7-4-12-22(25)36(48)51-18-28-30(53-37(49)23-13-5-8-16-26(23)40)31(54-38(50)24-14-6-9-17-27(24)41)35(52-28)46-20-44-29-32(42-19-43-33(29)46)45-34(47)21-10-2-1-3-11-21/h1-17,19-20,28,30-31,35H,18H2,(H,42,43,45,47)/t28-,30+,31-,35+/m0/s1. The molecular weight excluding hydrogens is 894 g/mol. The summed E-state index contributed by atoms with van der Waals surface area (Å²) in [5, 5.41) is 2.76. The molecule has 1 saturated heterocycles. The van der Waals surface area contributed by atoms with E-state index in [4.69, 9.17) is 18.9 Å². The van der Waals surface area contributed by atoms with Crippen molar-refractivity contribution < 1.29 is 38.1 Å². The van der Waals surface area contributed by atoms with Gasteiger partial charge in [-0.1, -0.05) is 54.6 Å². The second-order valence-corrected chi connectivity index (χ2v) is 14.3. The van der Waals surface area contributed by atoms with E-state index < -0.39 is 55.0 Å². The third-order valence-corrected chi connectivity index (χ3v) is 10.4. The van der Waals surface area contributed by atoms with Gasteiger partial charge in [-0.05, 0) is 96.3 Å². The van der Waals surface area contributed by atoms with Crippen molar-refractivity contribution in [2.75, 3.05) is 11.9 Å². The van der Waals surface area contributed by atoms with Gasteiger partial charge in [-0.2, -0.15) is 0 Å². The van der Waals surface area contributed by atoms with Gasteiger partial charge in [0.1, 0.15) is 19.0 Å². The van der Waals surface area contributed by atoms with Crippen LogP contribution < -0.4 is 5.32 Å². The van der Waals surface area contributed by atoms with Crippen LogP contribution in [0.3, 0.4) is 0 Å². The topological polar surface area (TPSA) is 161 Å². The predicted octanol–water partition coefficient (Wildman–Crippen LogP) is 7.57. The quantitative estimate of drug-likeness (QED) is 0.107. The molecule has 0 saturated carbocycles. The molecule has 1 aliphatic heterocycles. The third kappa shape index (κ3) is 7.82. The maximum atomic E-state index is 13.8. The molecular formula is C38H26Br3N5O8. The summed E-state index contributed by atoms with van der Waals surface area (Å²) in [4.78, 5) is 67.0. The van der Waals surface area contributed by atoms with Crippen LogP contribution in [-0.4, -0.2) is 68.3 Å². The number of imidazole rings is 1. The van der Waals surface area contributed by atoms with Crippen molar-refractivity contribution in [3.05, 3.63) is 151 Å². The number of halogens is 3. The van der Waals surface area contributed by atoms with Gasteiger partial charge in [-0.15, -0.1) is 0 Å². The van der Waals surface area contributed by atoms with Gasteiger partial charge in [0, 0.05) is 19.0 Å². The number of esters is 3. The highest BCUT2D eigenvalue weighted by molar-refractivity contribution is 9.11. The highest BCUT2D eigenvalue weighted by Crippen LogP contribution is 2.38. The summed E-state index contributed by atoms with van der Waals surface area (Å²) in [6, 6.07) is 28.6.